The smallest absolute Gasteiger partial charge is 0.138 e. The molecule has 1 N–H and O–H groups in total. The van der Waals surface area contributed by atoms with Gasteiger partial charge in [-0.1, -0.05) is 18.2 Å². The van der Waals surface area contributed by atoms with Crippen LogP contribution in [-0.2, 0) is 0 Å². The first-order valence-electron chi connectivity index (χ1n) is 4.41. The van der Waals surface area contributed by atoms with Gasteiger partial charge in [0.05, 0.1) is 11.8 Å². The fourth-order valence-electron chi connectivity index (χ4n) is 1.38. The highest BCUT2D eigenvalue weighted by Crippen LogP contribution is 2.19. The first kappa shape index (κ1) is 8.90. The quantitative estimate of drug-likeness (QED) is 0.775. The van der Waals surface area contributed by atoms with Gasteiger partial charge in [0.15, 0.2) is 0 Å². The highest BCUT2D eigenvalue weighted by atomic mass is 16.3. The molecule has 4 nitrogen and oxygen atoms in total. The molecule has 0 saturated heterocycles. The van der Waals surface area contributed by atoms with Gasteiger partial charge >= 0.3 is 0 Å². The van der Waals surface area contributed by atoms with Crippen LogP contribution in [0, 0.1) is 0 Å². The average Bonchev–Trinajstić information content (AvgIpc) is 2.70. The van der Waals surface area contributed by atoms with Gasteiger partial charge in [-0.05, 0) is 13.0 Å². The van der Waals surface area contributed by atoms with Gasteiger partial charge in [0, 0.05) is 5.56 Å². The van der Waals surface area contributed by atoms with Crippen molar-refractivity contribution in [2.75, 3.05) is 0 Å². The van der Waals surface area contributed by atoms with Crippen molar-refractivity contribution in [3.05, 3.63) is 42.5 Å². The zero-order chi connectivity index (χ0) is 9.97. The van der Waals surface area contributed by atoms with Crippen molar-refractivity contribution in [2.24, 2.45) is 0 Å². The van der Waals surface area contributed by atoms with Gasteiger partial charge in [0.25, 0.3) is 0 Å². The normalized spacial score (nSPS) is 12.7. The molecule has 0 amide bonds. The van der Waals surface area contributed by atoms with E-state index in [4.69, 9.17) is 0 Å². The Labute approximate surface area is 81.8 Å². The number of hydrogen-bond acceptors (Lipinski definition) is 3. The lowest BCUT2D eigenvalue weighted by Gasteiger charge is -2.10. The van der Waals surface area contributed by atoms with E-state index in [0.717, 1.165) is 11.3 Å². The van der Waals surface area contributed by atoms with E-state index in [1.807, 2.05) is 24.3 Å². The fourth-order valence-corrected chi connectivity index (χ4v) is 1.38. The highest BCUT2D eigenvalue weighted by Gasteiger charge is 2.08. The maximum absolute atomic E-state index is 9.54. The Morgan fingerprint density at radius 2 is 2.14 bits per heavy atom. The van der Waals surface area contributed by atoms with Crippen LogP contribution in [0.2, 0.25) is 0 Å². The van der Waals surface area contributed by atoms with E-state index < -0.39 is 6.10 Å². The molecule has 0 aliphatic rings. The summed E-state index contributed by atoms with van der Waals surface area (Å²) in [5.41, 5.74) is 1.71. The molecule has 0 bridgehead atoms. The Kier molecular flexibility index (Phi) is 2.28. The van der Waals surface area contributed by atoms with Crippen LogP contribution in [0.25, 0.3) is 5.69 Å². The lowest BCUT2D eigenvalue weighted by Crippen LogP contribution is -2.02. The molecule has 0 fully saturated rings. The van der Waals surface area contributed by atoms with Gasteiger partial charge in [-0.3, -0.25) is 0 Å². The molecule has 72 valence electrons. The highest BCUT2D eigenvalue weighted by molar-refractivity contribution is 5.40. The lowest BCUT2D eigenvalue weighted by molar-refractivity contribution is 0.199. The Balaban J connectivity index is 2.53. The number of para-hydroxylation sites is 1. The Morgan fingerprint density at radius 3 is 2.79 bits per heavy atom. The minimum atomic E-state index is -0.504. The van der Waals surface area contributed by atoms with Crippen LogP contribution in [0.1, 0.15) is 18.6 Å². The maximum atomic E-state index is 9.54. The van der Waals surface area contributed by atoms with Crippen LogP contribution in [0.15, 0.2) is 36.9 Å². The van der Waals surface area contributed by atoms with E-state index in [9.17, 15) is 5.11 Å². The minimum absolute atomic E-state index is 0.504. The van der Waals surface area contributed by atoms with E-state index in [1.165, 1.54) is 6.33 Å². The molecule has 1 heterocycles. The van der Waals surface area contributed by atoms with Crippen molar-refractivity contribution in [2.45, 2.75) is 13.0 Å². The van der Waals surface area contributed by atoms with Crippen LogP contribution in [0.4, 0.5) is 0 Å². The van der Waals surface area contributed by atoms with Crippen LogP contribution in [0.5, 0.6) is 0 Å². The van der Waals surface area contributed by atoms with E-state index in [0.29, 0.717) is 0 Å². The summed E-state index contributed by atoms with van der Waals surface area (Å²) in [5.74, 6) is 0. The molecule has 0 aliphatic carbocycles. The van der Waals surface area contributed by atoms with E-state index in [-0.39, 0.29) is 0 Å². The molecular weight excluding hydrogens is 178 g/mol. The lowest BCUT2D eigenvalue weighted by atomic mass is 10.1. The standard InChI is InChI=1S/C10H11N3O/c1-8(14)9-4-2-3-5-10(9)13-7-11-6-12-13/h2-8,14H,1H3. The van der Waals surface area contributed by atoms with Gasteiger partial charge < -0.3 is 5.11 Å². The number of aliphatic hydroxyl groups is 1. The summed E-state index contributed by atoms with van der Waals surface area (Å²) < 4.78 is 1.64. The van der Waals surface area contributed by atoms with Crippen LogP contribution >= 0.6 is 0 Å². The van der Waals surface area contributed by atoms with Gasteiger partial charge in [-0.2, -0.15) is 5.10 Å². The summed E-state index contributed by atoms with van der Waals surface area (Å²) >= 11 is 0. The zero-order valence-corrected chi connectivity index (χ0v) is 7.83. The van der Waals surface area contributed by atoms with E-state index in [1.54, 1.807) is 17.9 Å². The van der Waals surface area contributed by atoms with Gasteiger partial charge in [0.1, 0.15) is 12.7 Å². The second kappa shape index (κ2) is 3.59. The average molecular weight is 189 g/mol. The predicted octanol–water partition coefficient (Wildman–Crippen LogP) is 1.32. The number of benzene rings is 1. The molecule has 2 aromatic rings. The molecule has 0 aliphatic heterocycles. The van der Waals surface area contributed by atoms with Gasteiger partial charge in [-0.25, -0.2) is 9.67 Å². The number of hydrogen-bond donors (Lipinski definition) is 1. The zero-order valence-electron chi connectivity index (χ0n) is 7.83. The van der Waals surface area contributed by atoms with Crippen molar-refractivity contribution >= 4 is 0 Å². The third-order valence-electron chi connectivity index (χ3n) is 2.05. The first-order valence-corrected chi connectivity index (χ1v) is 4.41. The topological polar surface area (TPSA) is 50.9 Å². The van der Waals surface area contributed by atoms with Crippen molar-refractivity contribution < 1.29 is 5.11 Å². The third kappa shape index (κ3) is 1.52. The fraction of sp³-hybridized carbons (Fsp3) is 0.200. The predicted molar refractivity (Wildman–Crippen MR) is 52.0 cm³/mol. The Morgan fingerprint density at radius 1 is 1.36 bits per heavy atom. The summed E-state index contributed by atoms with van der Waals surface area (Å²) in [6, 6.07) is 7.57. The van der Waals surface area contributed by atoms with Crippen LogP contribution in [0.3, 0.4) is 0 Å². The molecule has 0 spiro atoms. The Bertz CT molecular complexity index is 409. The number of rotatable bonds is 2. The summed E-state index contributed by atoms with van der Waals surface area (Å²) in [4.78, 5) is 3.87. The first-order chi connectivity index (χ1) is 6.79. The SMILES string of the molecule is CC(O)c1ccccc1-n1cncn1. The van der Waals surface area contributed by atoms with Gasteiger partial charge in [0.2, 0.25) is 0 Å². The molecule has 0 saturated carbocycles. The van der Waals surface area contributed by atoms with Crippen molar-refractivity contribution in [1.29, 1.82) is 0 Å². The second-order valence-corrected chi connectivity index (χ2v) is 3.07. The monoisotopic (exact) mass is 189 g/mol. The number of nitrogens with zero attached hydrogens (tertiary/aromatic N) is 3. The van der Waals surface area contributed by atoms with Crippen molar-refractivity contribution in [1.82, 2.24) is 14.8 Å². The van der Waals surface area contributed by atoms with Crippen molar-refractivity contribution in [3.8, 4) is 5.69 Å². The summed E-state index contributed by atoms with van der Waals surface area (Å²) in [6.45, 7) is 1.73. The molecule has 1 unspecified atom stereocenters. The Hall–Kier alpha value is -1.68. The van der Waals surface area contributed by atoms with E-state index >= 15 is 0 Å². The largest absolute Gasteiger partial charge is 0.389 e. The molecule has 1 aromatic heterocycles. The third-order valence-corrected chi connectivity index (χ3v) is 2.05. The molecule has 14 heavy (non-hydrogen) atoms. The molecule has 4 heteroatoms. The van der Waals surface area contributed by atoms with Crippen LogP contribution in [-0.4, -0.2) is 19.9 Å². The number of aromatic nitrogens is 3. The maximum Gasteiger partial charge on any atom is 0.138 e. The molecule has 1 aromatic carbocycles. The van der Waals surface area contributed by atoms with Crippen molar-refractivity contribution in [3.63, 3.8) is 0 Å². The summed E-state index contributed by atoms with van der Waals surface area (Å²) in [7, 11) is 0. The minimum Gasteiger partial charge on any atom is -0.389 e. The number of aliphatic hydroxyl groups excluding tert-OH is 1. The van der Waals surface area contributed by atoms with E-state index in [2.05, 4.69) is 10.1 Å². The molecule has 0 radical (unpaired) electrons. The summed E-state index contributed by atoms with van der Waals surface area (Å²) in [6.07, 6.45) is 2.58. The van der Waals surface area contributed by atoms with Gasteiger partial charge in [-0.15, -0.1) is 0 Å². The second-order valence-electron chi connectivity index (χ2n) is 3.07. The molecular formula is C10H11N3O. The molecule has 1 atom stereocenters. The molecule has 2 rings (SSSR count). The summed E-state index contributed by atoms with van der Waals surface area (Å²) in [5, 5.41) is 13.6. The van der Waals surface area contributed by atoms with Crippen LogP contribution < -0.4 is 0 Å².